The molecule has 0 amide bonds. The summed E-state index contributed by atoms with van der Waals surface area (Å²) < 4.78 is 1.72. The first kappa shape index (κ1) is 23.9. The molecule has 0 spiro atoms. The summed E-state index contributed by atoms with van der Waals surface area (Å²) in [5.41, 5.74) is 0.917. The minimum Gasteiger partial charge on any atom is -0.301 e. The molecule has 0 saturated carbocycles. The third kappa shape index (κ3) is 8.04. The second-order valence-corrected chi connectivity index (χ2v) is 9.68. The second kappa shape index (κ2) is 13.6. The van der Waals surface area contributed by atoms with E-state index in [1.54, 1.807) is 4.68 Å². The van der Waals surface area contributed by atoms with Crippen molar-refractivity contribution in [3.05, 3.63) is 30.3 Å². The van der Waals surface area contributed by atoms with Gasteiger partial charge in [0.2, 0.25) is 5.16 Å². The number of hydrogen-bond donors (Lipinski definition) is 0. The van der Waals surface area contributed by atoms with Gasteiger partial charge in [0.1, 0.15) is 5.78 Å². The van der Waals surface area contributed by atoms with Crippen LogP contribution in [0.25, 0.3) is 5.69 Å². The van der Waals surface area contributed by atoms with Crippen molar-refractivity contribution in [1.82, 2.24) is 25.1 Å². The summed E-state index contributed by atoms with van der Waals surface area (Å²) >= 11 is 1.50. The van der Waals surface area contributed by atoms with Crippen molar-refractivity contribution in [1.29, 1.82) is 0 Å². The number of tetrazole rings is 1. The molecule has 6 nitrogen and oxygen atoms in total. The van der Waals surface area contributed by atoms with E-state index in [-0.39, 0.29) is 5.25 Å². The maximum Gasteiger partial charge on any atom is 0.214 e. The summed E-state index contributed by atoms with van der Waals surface area (Å²) in [6.45, 7) is 5.04. The number of aromatic nitrogens is 4. The number of para-hydroxylation sites is 1. The van der Waals surface area contributed by atoms with Crippen LogP contribution in [0.5, 0.6) is 0 Å². The van der Waals surface area contributed by atoms with Crippen LogP contribution >= 0.6 is 11.8 Å². The average Bonchev–Trinajstić information content (AvgIpc) is 3.26. The lowest BCUT2D eigenvalue weighted by Crippen LogP contribution is -2.43. The SMILES string of the molecule is CCCCCCCCCCCCN1CCC(=O)C(Sc2nnnn2-c2ccccc2)C1. The monoisotopic (exact) mass is 443 g/mol. The van der Waals surface area contributed by atoms with Gasteiger partial charge in [-0.3, -0.25) is 4.79 Å². The van der Waals surface area contributed by atoms with Crippen molar-refractivity contribution in [2.75, 3.05) is 19.6 Å². The lowest BCUT2D eigenvalue weighted by atomic mass is 10.1. The van der Waals surface area contributed by atoms with Gasteiger partial charge in [0, 0.05) is 19.5 Å². The van der Waals surface area contributed by atoms with Gasteiger partial charge in [-0.2, -0.15) is 4.68 Å². The molecule has 1 atom stereocenters. The van der Waals surface area contributed by atoms with Crippen LogP contribution in [-0.2, 0) is 4.79 Å². The molecule has 1 saturated heterocycles. The van der Waals surface area contributed by atoms with Gasteiger partial charge >= 0.3 is 0 Å². The molecule has 2 aromatic rings. The summed E-state index contributed by atoms with van der Waals surface area (Å²) in [6.07, 6.45) is 14.2. The van der Waals surface area contributed by atoms with E-state index in [0.29, 0.717) is 17.4 Å². The van der Waals surface area contributed by atoms with E-state index >= 15 is 0 Å². The fraction of sp³-hybridized carbons (Fsp3) is 0.667. The number of Topliss-reactive ketones (excluding diaryl/α,β-unsaturated/α-hetero) is 1. The largest absolute Gasteiger partial charge is 0.301 e. The number of unbranched alkanes of at least 4 members (excludes halogenated alkanes) is 9. The smallest absolute Gasteiger partial charge is 0.214 e. The zero-order valence-corrected chi connectivity index (χ0v) is 19.7. The highest BCUT2D eigenvalue weighted by Gasteiger charge is 2.29. The molecular formula is C24H37N5OS. The molecule has 3 rings (SSSR count). The minimum absolute atomic E-state index is 0.0923. The van der Waals surface area contributed by atoms with Gasteiger partial charge in [-0.15, -0.1) is 5.10 Å². The van der Waals surface area contributed by atoms with Crippen LogP contribution in [0.4, 0.5) is 0 Å². The van der Waals surface area contributed by atoms with Crippen LogP contribution in [0.15, 0.2) is 35.5 Å². The van der Waals surface area contributed by atoms with Gasteiger partial charge in [0.15, 0.2) is 0 Å². The number of ketones is 1. The van der Waals surface area contributed by atoms with Gasteiger partial charge in [-0.1, -0.05) is 94.7 Å². The molecule has 1 aliphatic heterocycles. The van der Waals surface area contributed by atoms with E-state index < -0.39 is 0 Å². The Morgan fingerprint density at radius 3 is 2.35 bits per heavy atom. The third-order valence-corrected chi connectivity index (χ3v) is 7.14. The molecule has 0 bridgehead atoms. The quantitative estimate of drug-likeness (QED) is 0.368. The molecule has 1 aromatic carbocycles. The Balaban J connectivity index is 1.36. The average molecular weight is 444 g/mol. The number of hydrogen-bond acceptors (Lipinski definition) is 6. The van der Waals surface area contributed by atoms with E-state index in [0.717, 1.165) is 25.3 Å². The number of piperidine rings is 1. The zero-order valence-electron chi connectivity index (χ0n) is 18.9. The number of nitrogens with zero attached hydrogens (tertiary/aromatic N) is 5. The Hall–Kier alpha value is -1.73. The first-order chi connectivity index (χ1) is 15.3. The molecule has 31 heavy (non-hydrogen) atoms. The van der Waals surface area contributed by atoms with Gasteiger partial charge in [-0.25, -0.2) is 0 Å². The summed E-state index contributed by atoms with van der Waals surface area (Å²) in [7, 11) is 0. The van der Waals surface area contributed by atoms with Crippen molar-refractivity contribution in [2.24, 2.45) is 0 Å². The van der Waals surface area contributed by atoms with E-state index in [1.807, 2.05) is 30.3 Å². The molecule has 170 valence electrons. The Bertz CT molecular complexity index is 766. The van der Waals surface area contributed by atoms with E-state index in [1.165, 1.54) is 76.0 Å². The molecule has 1 unspecified atom stereocenters. The summed E-state index contributed by atoms with van der Waals surface area (Å²) in [4.78, 5) is 15.0. The van der Waals surface area contributed by atoms with Crippen molar-refractivity contribution in [3.8, 4) is 5.69 Å². The Morgan fingerprint density at radius 1 is 0.968 bits per heavy atom. The van der Waals surface area contributed by atoms with Crippen molar-refractivity contribution in [2.45, 2.75) is 88.0 Å². The highest BCUT2D eigenvalue weighted by molar-refractivity contribution is 8.00. The third-order valence-electron chi connectivity index (χ3n) is 5.97. The number of rotatable bonds is 14. The fourth-order valence-electron chi connectivity index (χ4n) is 4.10. The number of likely N-dealkylation sites (tertiary alicyclic amines) is 1. The lowest BCUT2D eigenvalue weighted by Gasteiger charge is -2.31. The highest BCUT2D eigenvalue weighted by atomic mass is 32.2. The van der Waals surface area contributed by atoms with Gasteiger partial charge in [-0.05, 0) is 35.5 Å². The second-order valence-electron chi connectivity index (χ2n) is 8.51. The van der Waals surface area contributed by atoms with E-state index in [4.69, 9.17) is 0 Å². The van der Waals surface area contributed by atoms with Crippen molar-refractivity contribution >= 4 is 17.5 Å². The van der Waals surface area contributed by atoms with Crippen molar-refractivity contribution in [3.63, 3.8) is 0 Å². The Kier molecular flexibility index (Phi) is 10.5. The van der Waals surface area contributed by atoms with Crippen LogP contribution < -0.4 is 0 Å². The van der Waals surface area contributed by atoms with E-state index in [2.05, 4.69) is 27.3 Å². The predicted octanol–water partition coefficient (Wildman–Crippen LogP) is 5.32. The normalized spacial score (nSPS) is 17.3. The first-order valence-electron chi connectivity index (χ1n) is 12.0. The summed E-state index contributed by atoms with van der Waals surface area (Å²) in [6, 6.07) is 9.84. The van der Waals surface area contributed by atoms with Crippen LogP contribution in [-0.4, -0.2) is 55.8 Å². The summed E-state index contributed by atoms with van der Waals surface area (Å²) in [5, 5.41) is 12.7. The van der Waals surface area contributed by atoms with Gasteiger partial charge in [0.05, 0.1) is 10.9 Å². The fourth-order valence-corrected chi connectivity index (χ4v) is 5.21. The molecule has 2 heterocycles. The summed E-state index contributed by atoms with van der Waals surface area (Å²) in [5.74, 6) is 0.312. The molecule has 0 N–H and O–H groups in total. The number of carbonyl (C=O) groups is 1. The van der Waals surface area contributed by atoms with Crippen LogP contribution in [0.2, 0.25) is 0 Å². The molecule has 0 aliphatic carbocycles. The number of thioether (sulfide) groups is 1. The van der Waals surface area contributed by atoms with Gasteiger partial charge < -0.3 is 4.90 Å². The zero-order chi connectivity index (χ0) is 21.7. The van der Waals surface area contributed by atoms with Crippen LogP contribution in [0, 0.1) is 0 Å². The molecule has 0 radical (unpaired) electrons. The topological polar surface area (TPSA) is 63.9 Å². The first-order valence-corrected chi connectivity index (χ1v) is 12.9. The van der Waals surface area contributed by atoms with Crippen LogP contribution in [0.1, 0.15) is 77.6 Å². The van der Waals surface area contributed by atoms with Crippen molar-refractivity contribution < 1.29 is 4.79 Å². The lowest BCUT2D eigenvalue weighted by molar-refractivity contribution is -0.120. The standard InChI is InChI=1S/C24H37N5OS/c1-2-3-4-5-6-7-8-9-10-14-18-28-19-17-22(30)23(20-28)31-24-25-26-27-29(24)21-15-12-11-13-16-21/h11-13,15-16,23H,2-10,14,17-20H2,1H3. The Labute approximate surface area is 191 Å². The molecule has 1 aromatic heterocycles. The number of carbonyl (C=O) groups excluding carboxylic acids is 1. The number of benzene rings is 1. The molecule has 1 aliphatic rings. The van der Waals surface area contributed by atoms with Gasteiger partial charge in [0.25, 0.3) is 0 Å². The maximum absolute atomic E-state index is 12.5. The Morgan fingerprint density at radius 2 is 1.65 bits per heavy atom. The maximum atomic E-state index is 12.5. The van der Waals surface area contributed by atoms with Crippen LogP contribution in [0.3, 0.4) is 0 Å². The molecule has 7 heteroatoms. The predicted molar refractivity (Wildman–Crippen MR) is 127 cm³/mol. The minimum atomic E-state index is -0.0923. The molecular weight excluding hydrogens is 406 g/mol. The molecule has 1 fully saturated rings. The van der Waals surface area contributed by atoms with E-state index in [9.17, 15) is 4.79 Å². The highest BCUT2D eigenvalue weighted by Crippen LogP contribution is 2.27.